The van der Waals surface area contributed by atoms with Crippen LogP contribution in [-0.2, 0) is 25.4 Å². The van der Waals surface area contributed by atoms with E-state index in [2.05, 4.69) is 19.9 Å². The second-order valence-electron chi connectivity index (χ2n) is 9.57. The Labute approximate surface area is 242 Å². The molecule has 0 aliphatic carbocycles. The van der Waals surface area contributed by atoms with Gasteiger partial charge in [0.2, 0.25) is 0 Å². The average Bonchev–Trinajstić information content (AvgIpc) is 3.45. The maximum absolute atomic E-state index is 12.8. The first-order valence-electron chi connectivity index (χ1n) is 12.7. The first-order chi connectivity index (χ1) is 20.7. The first kappa shape index (κ1) is 29.9. The zero-order valence-electron chi connectivity index (χ0n) is 22.4. The summed E-state index contributed by atoms with van der Waals surface area (Å²) in [7, 11) is 0. The molecule has 10 nitrogen and oxygen atoms in total. The van der Waals surface area contributed by atoms with Crippen LogP contribution in [0, 0.1) is 0 Å². The Morgan fingerprint density at radius 1 is 0.614 bits per heavy atom. The van der Waals surface area contributed by atoms with E-state index in [-0.39, 0.29) is 46.8 Å². The monoisotopic (exact) mass is 616 g/mol. The number of rotatable bonds is 4. The van der Waals surface area contributed by atoms with Crippen LogP contribution in [0.3, 0.4) is 0 Å². The molecule has 16 heteroatoms. The number of anilines is 2. The largest absolute Gasteiger partial charge is 0.433 e. The molecule has 2 aromatic carbocycles. The third kappa shape index (κ3) is 6.13. The lowest BCUT2D eigenvalue weighted by Gasteiger charge is -2.08. The van der Waals surface area contributed by atoms with Crippen molar-refractivity contribution in [2.45, 2.75) is 25.4 Å². The van der Waals surface area contributed by atoms with Crippen molar-refractivity contribution in [3.05, 3.63) is 116 Å². The molecule has 0 aliphatic heterocycles. The Balaban J connectivity index is 0.000000175. The Morgan fingerprint density at radius 2 is 0.955 bits per heavy atom. The van der Waals surface area contributed by atoms with E-state index in [0.717, 1.165) is 23.3 Å². The molecule has 0 atom stereocenters. The third-order valence-corrected chi connectivity index (χ3v) is 6.54. The van der Waals surface area contributed by atoms with Crippen molar-refractivity contribution < 1.29 is 26.3 Å². The van der Waals surface area contributed by atoms with Crippen molar-refractivity contribution >= 4 is 33.7 Å². The predicted molar refractivity (Wildman–Crippen MR) is 151 cm³/mol. The molecule has 0 saturated carbocycles. The summed E-state index contributed by atoms with van der Waals surface area (Å²) in [6.45, 7) is 0.279. The van der Waals surface area contributed by atoms with E-state index in [0.29, 0.717) is 0 Å². The summed E-state index contributed by atoms with van der Waals surface area (Å²) in [4.78, 5) is 35.5. The highest BCUT2D eigenvalue weighted by atomic mass is 19.4. The van der Waals surface area contributed by atoms with Crippen LogP contribution in [-0.4, -0.2) is 29.1 Å². The molecule has 4 heterocycles. The topological polar surface area (TPSA) is 153 Å². The molecule has 0 bridgehead atoms. The van der Waals surface area contributed by atoms with Gasteiger partial charge in [0.15, 0.2) is 0 Å². The molecule has 0 saturated heterocycles. The molecule has 6 aromatic rings. The van der Waals surface area contributed by atoms with Gasteiger partial charge in [-0.05, 0) is 23.3 Å². The van der Waals surface area contributed by atoms with Gasteiger partial charge in [-0.1, -0.05) is 60.7 Å². The highest BCUT2D eigenvalue weighted by Crippen LogP contribution is 2.32. The molecule has 4 aromatic heterocycles. The number of nitrogens with two attached hydrogens (primary N) is 2. The normalized spacial score (nSPS) is 12.0. The second-order valence-corrected chi connectivity index (χ2v) is 9.57. The van der Waals surface area contributed by atoms with Crippen LogP contribution in [0.25, 0.3) is 22.1 Å². The SMILES string of the molecule is Nc1nc(C(F)(F)F)cc2c1[nH]c(=O)n2Cc1ccccc1.Nc1nc(C(F)(F)F)cc2c1[nH]c(=O)n2Cc1ccccc1. The maximum Gasteiger partial charge on any atom is 0.433 e. The van der Waals surface area contributed by atoms with Crippen molar-refractivity contribution in [3.63, 3.8) is 0 Å². The van der Waals surface area contributed by atoms with Crippen LogP contribution < -0.4 is 22.8 Å². The number of imidazole rings is 2. The van der Waals surface area contributed by atoms with Gasteiger partial charge in [-0.25, -0.2) is 19.6 Å². The van der Waals surface area contributed by atoms with Crippen LogP contribution >= 0.6 is 0 Å². The number of hydrogen-bond donors (Lipinski definition) is 4. The summed E-state index contributed by atoms with van der Waals surface area (Å²) in [6, 6.07) is 19.5. The van der Waals surface area contributed by atoms with Gasteiger partial charge in [-0.2, -0.15) is 26.3 Å². The smallest absolute Gasteiger partial charge is 0.382 e. The van der Waals surface area contributed by atoms with Gasteiger partial charge in [0, 0.05) is 0 Å². The molecule has 6 N–H and O–H groups in total. The number of halogens is 6. The minimum Gasteiger partial charge on any atom is -0.382 e. The third-order valence-electron chi connectivity index (χ3n) is 6.54. The van der Waals surface area contributed by atoms with Crippen molar-refractivity contribution in [1.29, 1.82) is 0 Å². The molecule has 0 spiro atoms. The van der Waals surface area contributed by atoms with Crippen LogP contribution in [0.1, 0.15) is 22.5 Å². The number of fused-ring (bicyclic) bond motifs is 2. The van der Waals surface area contributed by atoms with E-state index in [1.807, 2.05) is 12.1 Å². The number of alkyl halides is 6. The van der Waals surface area contributed by atoms with Gasteiger partial charge in [0.25, 0.3) is 0 Å². The molecule has 0 radical (unpaired) electrons. The standard InChI is InChI=1S/2C14H11F3N4O/c2*15-14(16,17)10-6-9-11(12(18)19-10)20-13(22)21(9)7-8-4-2-1-3-5-8/h2*1-6H,7H2,(H2,18,19)(H,20,22). The molecular weight excluding hydrogens is 594 g/mol. The van der Waals surface area contributed by atoms with Crippen LogP contribution in [0.4, 0.5) is 38.0 Å². The van der Waals surface area contributed by atoms with Gasteiger partial charge < -0.3 is 21.4 Å². The predicted octanol–water partition coefficient (Wildman–Crippen LogP) is 4.75. The summed E-state index contributed by atoms with van der Waals surface area (Å²) in [5, 5.41) is 0. The number of H-pyrrole nitrogens is 2. The molecule has 228 valence electrons. The van der Waals surface area contributed by atoms with Gasteiger partial charge >= 0.3 is 23.7 Å². The summed E-state index contributed by atoms with van der Waals surface area (Å²) >= 11 is 0. The van der Waals surface area contributed by atoms with Crippen molar-refractivity contribution in [1.82, 2.24) is 29.1 Å². The van der Waals surface area contributed by atoms with Crippen molar-refractivity contribution in [3.8, 4) is 0 Å². The molecule has 0 aliphatic rings. The maximum atomic E-state index is 12.8. The van der Waals surface area contributed by atoms with E-state index >= 15 is 0 Å². The molecule has 6 rings (SSSR count). The number of nitrogens with one attached hydrogen (secondary N) is 2. The number of pyridine rings is 2. The fourth-order valence-corrected chi connectivity index (χ4v) is 4.49. The summed E-state index contributed by atoms with van der Waals surface area (Å²) < 4.78 is 79.5. The van der Waals surface area contributed by atoms with Crippen LogP contribution in [0.15, 0.2) is 82.4 Å². The van der Waals surface area contributed by atoms with Gasteiger partial charge in [0.1, 0.15) is 34.1 Å². The first-order valence-corrected chi connectivity index (χ1v) is 12.7. The highest BCUT2D eigenvalue weighted by Gasteiger charge is 2.35. The van der Waals surface area contributed by atoms with Gasteiger partial charge in [-0.15, -0.1) is 0 Å². The van der Waals surface area contributed by atoms with Gasteiger partial charge in [-0.3, -0.25) is 9.13 Å². The molecule has 0 amide bonds. The van der Waals surface area contributed by atoms with Crippen molar-refractivity contribution in [2.75, 3.05) is 11.5 Å². The number of nitrogens with zero attached hydrogens (tertiary/aromatic N) is 4. The number of benzene rings is 2. The zero-order valence-corrected chi connectivity index (χ0v) is 22.4. The summed E-state index contributed by atoms with van der Waals surface area (Å²) in [5.74, 6) is -0.706. The van der Waals surface area contributed by atoms with Crippen molar-refractivity contribution in [2.24, 2.45) is 0 Å². The Hall–Kier alpha value is -5.54. The highest BCUT2D eigenvalue weighted by molar-refractivity contribution is 5.86. The molecule has 0 fully saturated rings. The molecular formula is C28H22F6N8O2. The van der Waals surface area contributed by atoms with Gasteiger partial charge in [0.05, 0.1) is 24.1 Å². The zero-order chi connectivity index (χ0) is 31.8. The number of nitrogen functional groups attached to an aromatic ring is 2. The lowest BCUT2D eigenvalue weighted by molar-refractivity contribution is -0.141. The van der Waals surface area contributed by atoms with E-state index < -0.39 is 35.1 Å². The quantitative estimate of drug-likeness (QED) is 0.210. The van der Waals surface area contributed by atoms with E-state index in [9.17, 15) is 35.9 Å². The minimum absolute atomic E-state index is 0.0775. The fourth-order valence-electron chi connectivity index (χ4n) is 4.49. The average molecular weight is 617 g/mol. The number of hydrogen-bond acceptors (Lipinski definition) is 6. The second kappa shape index (κ2) is 11.3. The minimum atomic E-state index is -4.63. The molecule has 0 unspecified atom stereocenters. The lowest BCUT2D eigenvalue weighted by atomic mass is 10.2. The molecule has 44 heavy (non-hydrogen) atoms. The Bertz CT molecular complexity index is 1910. The van der Waals surface area contributed by atoms with Crippen LogP contribution in [0.5, 0.6) is 0 Å². The Kier molecular flexibility index (Phi) is 7.67. The summed E-state index contributed by atoms with van der Waals surface area (Å²) in [6.07, 6.45) is -9.26. The number of aromatic nitrogens is 6. The fraction of sp³-hybridized carbons (Fsp3) is 0.143. The number of aromatic amines is 2. The van der Waals surface area contributed by atoms with Crippen LogP contribution in [0.2, 0.25) is 0 Å². The van der Waals surface area contributed by atoms with E-state index in [1.165, 1.54) is 9.13 Å². The van der Waals surface area contributed by atoms with E-state index in [1.54, 1.807) is 48.5 Å². The van der Waals surface area contributed by atoms with E-state index in [4.69, 9.17) is 11.5 Å². The lowest BCUT2D eigenvalue weighted by Crippen LogP contribution is -2.17. The Morgan fingerprint density at radius 3 is 1.27 bits per heavy atom. The summed E-state index contributed by atoms with van der Waals surface area (Å²) in [5.41, 5.74) is 9.68.